The first-order chi connectivity index (χ1) is 14.7. The molecule has 1 saturated heterocycles. The zero-order chi connectivity index (χ0) is 20.9. The van der Waals surface area contributed by atoms with Crippen LogP contribution in [0.4, 0.5) is 0 Å². The number of carbonyl (C=O) groups is 1. The first kappa shape index (κ1) is 20.3. The molecule has 7 heteroatoms. The molecular weight excluding hydrogens is 380 g/mol. The van der Waals surface area contributed by atoms with Crippen molar-refractivity contribution in [3.63, 3.8) is 0 Å². The fourth-order valence-corrected chi connectivity index (χ4v) is 4.27. The van der Waals surface area contributed by atoms with Crippen molar-refractivity contribution in [2.45, 2.75) is 26.2 Å². The summed E-state index contributed by atoms with van der Waals surface area (Å²) >= 11 is 0. The third-order valence-corrected chi connectivity index (χ3v) is 5.93. The van der Waals surface area contributed by atoms with Gasteiger partial charge in [0.25, 0.3) is 0 Å². The predicted molar refractivity (Wildman–Crippen MR) is 114 cm³/mol. The number of hydrogen-bond donors (Lipinski definition) is 1. The second kappa shape index (κ2) is 9.23. The Kier molecular flexibility index (Phi) is 6.24. The first-order valence-electron chi connectivity index (χ1n) is 10.5. The minimum atomic E-state index is -0.382. The lowest BCUT2D eigenvalue weighted by Crippen LogP contribution is -2.35. The minimum Gasteiger partial charge on any atom is -0.462 e. The summed E-state index contributed by atoms with van der Waals surface area (Å²) < 4.78 is 10.6. The molecule has 7 nitrogen and oxygen atoms in total. The van der Waals surface area contributed by atoms with E-state index in [0.29, 0.717) is 30.4 Å². The number of esters is 1. The predicted octanol–water partition coefficient (Wildman–Crippen LogP) is 3.78. The number of aliphatic imine (C=N–C) groups is 1. The average Bonchev–Trinajstić information content (AvgIpc) is 3.05. The fourth-order valence-electron chi connectivity index (χ4n) is 4.27. The number of allylic oxidation sites excluding steroid dienone is 2. The molecule has 0 aromatic carbocycles. The molecule has 1 fully saturated rings. The third-order valence-electron chi connectivity index (χ3n) is 5.93. The molecule has 2 aromatic heterocycles. The van der Waals surface area contributed by atoms with Crippen LogP contribution in [0.3, 0.4) is 0 Å². The molecule has 2 aliphatic heterocycles. The Balaban J connectivity index is 1.71. The van der Waals surface area contributed by atoms with Gasteiger partial charge in [-0.1, -0.05) is 6.08 Å². The van der Waals surface area contributed by atoms with Crippen molar-refractivity contribution in [2.24, 2.45) is 22.7 Å². The number of ether oxygens (including phenoxy) is 2. The molecule has 2 unspecified atom stereocenters. The lowest BCUT2D eigenvalue weighted by Gasteiger charge is -2.34. The Morgan fingerprint density at radius 1 is 1.47 bits per heavy atom. The van der Waals surface area contributed by atoms with Gasteiger partial charge in [-0.25, -0.2) is 9.78 Å². The zero-order valence-corrected chi connectivity index (χ0v) is 17.1. The van der Waals surface area contributed by atoms with Crippen LogP contribution in [0.15, 0.2) is 29.5 Å². The molecule has 4 heterocycles. The number of nitrogens with zero attached hydrogens (tertiary/aromatic N) is 3. The van der Waals surface area contributed by atoms with Gasteiger partial charge in [0.05, 0.1) is 31.5 Å². The van der Waals surface area contributed by atoms with Gasteiger partial charge >= 0.3 is 5.97 Å². The number of pyridine rings is 1. The Labute approximate surface area is 175 Å². The van der Waals surface area contributed by atoms with E-state index in [9.17, 15) is 10.1 Å². The van der Waals surface area contributed by atoms with Gasteiger partial charge in [0.2, 0.25) is 0 Å². The normalized spacial score (nSPS) is 20.1. The Morgan fingerprint density at radius 2 is 2.33 bits per heavy atom. The summed E-state index contributed by atoms with van der Waals surface area (Å²) in [6.07, 6.45) is 9.85. The number of H-pyrrole nitrogens is 1. The van der Waals surface area contributed by atoms with Gasteiger partial charge in [-0.3, -0.25) is 4.99 Å². The van der Waals surface area contributed by atoms with Crippen LogP contribution >= 0.6 is 0 Å². The van der Waals surface area contributed by atoms with Crippen molar-refractivity contribution in [2.75, 3.05) is 26.4 Å². The monoisotopic (exact) mass is 406 g/mol. The maximum absolute atomic E-state index is 12.6. The van der Waals surface area contributed by atoms with Crippen LogP contribution in [0.1, 0.15) is 42.1 Å². The first-order valence-corrected chi connectivity index (χ1v) is 10.5. The maximum Gasteiger partial charge on any atom is 0.340 e. The van der Waals surface area contributed by atoms with Gasteiger partial charge in [0.1, 0.15) is 5.65 Å². The van der Waals surface area contributed by atoms with Crippen molar-refractivity contribution < 1.29 is 14.3 Å². The van der Waals surface area contributed by atoms with E-state index < -0.39 is 0 Å². The van der Waals surface area contributed by atoms with E-state index in [2.05, 4.69) is 27.1 Å². The summed E-state index contributed by atoms with van der Waals surface area (Å²) in [7, 11) is 0. The van der Waals surface area contributed by atoms with Crippen molar-refractivity contribution in [3.8, 4) is 6.07 Å². The SMILES string of the molecule is CCOC(=O)c1cnc2[nH]ccc2c1C1=CC(CC(CC#N)C2COC2)CCN=C1. The molecular formula is C23H26N4O3. The molecule has 0 bridgehead atoms. The van der Waals surface area contributed by atoms with Gasteiger partial charge in [-0.2, -0.15) is 5.26 Å². The number of hydrogen-bond acceptors (Lipinski definition) is 6. The van der Waals surface area contributed by atoms with Gasteiger partial charge in [-0.05, 0) is 43.2 Å². The summed E-state index contributed by atoms with van der Waals surface area (Å²) in [4.78, 5) is 24.7. The molecule has 0 radical (unpaired) electrons. The molecule has 2 aromatic rings. The van der Waals surface area contributed by atoms with E-state index in [4.69, 9.17) is 9.47 Å². The van der Waals surface area contributed by atoms with E-state index >= 15 is 0 Å². The summed E-state index contributed by atoms with van der Waals surface area (Å²) in [6, 6.07) is 4.27. The second-order valence-electron chi connectivity index (χ2n) is 7.87. The Hall–Kier alpha value is -2.98. The molecule has 156 valence electrons. The van der Waals surface area contributed by atoms with E-state index in [-0.39, 0.29) is 11.9 Å². The summed E-state index contributed by atoms with van der Waals surface area (Å²) in [5.74, 6) is 0.669. The van der Waals surface area contributed by atoms with Crippen molar-refractivity contribution in [1.82, 2.24) is 9.97 Å². The minimum absolute atomic E-state index is 0.277. The van der Waals surface area contributed by atoms with Crippen molar-refractivity contribution >= 4 is 28.8 Å². The van der Waals surface area contributed by atoms with E-state index in [1.807, 2.05) is 18.5 Å². The van der Waals surface area contributed by atoms with Crippen LogP contribution in [0.25, 0.3) is 16.6 Å². The third kappa shape index (κ3) is 4.14. The number of aromatic nitrogens is 2. The standard InChI is InChI=1S/C23H26N4O3/c1-2-30-23(28)20-12-27-22-19(5-8-26-22)21(20)17-10-15(4-7-25-11-17)9-16(3-6-24)18-13-29-14-18/h5,8,10-12,15-16,18H,2-4,7,9,13-14H2,1H3,(H,26,27). The topological polar surface area (TPSA) is 100 Å². The van der Waals surface area contributed by atoms with Crippen LogP contribution in [-0.4, -0.2) is 48.5 Å². The maximum atomic E-state index is 12.6. The number of nitriles is 1. The molecule has 4 rings (SSSR count). The van der Waals surface area contributed by atoms with E-state index in [0.717, 1.165) is 54.8 Å². The molecule has 2 atom stereocenters. The quantitative estimate of drug-likeness (QED) is 0.705. The number of nitrogens with one attached hydrogen (secondary N) is 1. The lowest BCUT2D eigenvalue weighted by molar-refractivity contribution is -0.0632. The summed E-state index contributed by atoms with van der Waals surface area (Å²) in [6.45, 7) is 4.31. The highest BCUT2D eigenvalue weighted by Gasteiger charge is 2.30. The highest BCUT2D eigenvalue weighted by Crippen LogP contribution is 2.34. The van der Waals surface area contributed by atoms with Crippen LogP contribution < -0.4 is 0 Å². The summed E-state index contributed by atoms with van der Waals surface area (Å²) in [5.41, 5.74) is 2.89. The summed E-state index contributed by atoms with van der Waals surface area (Å²) in [5, 5.41) is 10.1. The van der Waals surface area contributed by atoms with E-state index in [1.54, 1.807) is 13.1 Å². The Bertz CT molecular complexity index is 1010. The van der Waals surface area contributed by atoms with Gasteiger partial charge in [0.15, 0.2) is 0 Å². The second-order valence-corrected chi connectivity index (χ2v) is 7.87. The van der Waals surface area contributed by atoms with Crippen LogP contribution in [0.5, 0.6) is 0 Å². The van der Waals surface area contributed by atoms with Crippen LogP contribution in [0.2, 0.25) is 0 Å². The van der Waals surface area contributed by atoms with Crippen LogP contribution in [0, 0.1) is 29.1 Å². The smallest absolute Gasteiger partial charge is 0.340 e. The van der Waals surface area contributed by atoms with Crippen LogP contribution in [-0.2, 0) is 9.47 Å². The van der Waals surface area contributed by atoms with Gasteiger partial charge in [-0.15, -0.1) is 0 Å². The molecule has 1 N–H and O–H groups in total. The highest BCUT2D eigenvalue weighted by atomic mass is 16.5. The molecule has 0 aliphatic carbocycles. The number of rotatable bonds is 7. The molecule has 30 heavy (non-hydrogen) atoms. The number of fused-ring (bicyclic) bond motifs is 1. The number of aromatic amines is 1. The Morgan fingerprint density at radius 3 is 3.07 bits per heavy atom. The largest absolute Gasteiger partial charge is 0.462 e. The zero-order valence-electron chi connectivity index (χ0n) is 17.1. The van der Waals surface area contributed by atoms with Crippen molar-refractivity contribution in [1.29, 1.82) is 5.26 Å². The molecule has 0 saturated carbocycles. The van der Waals surface area contributed by atoms with E-state index in [1.165, 1.54) is 0 Å². The van der Waals surface area contributed by atoms with Gasteiger partial charge in [0, 0.05) is 48.4 Å². The lowest BCUT2D eigenvalue weighted by atomic mass is 9.80. The van der Waals surface area contributed by atoms with Gasteiger partial charge < -0.3 is 14.5 Å². The molecule has 0 spiro atoms. The number of carbonyl (C=O) groups excluding carboxylic acids is 1. The average molecular weight is 406 g/mol. The highest BCUT2D eigenvalue weighted by molar-refractivity contribution is 6.18. The van der Waals surface area contributed by atoms with Crippen molar-refractivity contribution in [3.05, 3.63) is 35.7 Å². The fraction of sp³-hybridized carbons (Fsp3) is 0.478. The molecule has 0 amide bonds. The molecule has 2 aliphatic rings.